The van der Waals surface area contributed by atoms with Crippen molar-refractivity contribution in [3.63, 3.8) is 0 Å². The number of halogens is 1. The van der Waals surface area contributed by atoms with Crippen molar-refractivity contribution in [2.45, 2.75) is 57.1 Å². The summed E-state index contributed by atoms with van der Waals surface area (Å²) in [6.07, 6.45) is 3.57. The molecule has 0 aromatic rings. The van der Waals surface area contributed by atoms with E-state index in [1.165, 1.54) is 6.92 Å². The maximum Gasteiger partial charge on any atom is 0.377 e. The molecule has 1 unspecified atom stereocenters. The van der Waals surface area contributed by atoms with E-state index >= 15 is 0 Å². The zero-order chi connectivity index (χ0) is 13.8. The van der Waals surface area contributed by atoms with Crippen molar-refractivity contribution < 1.29 is 26.9 Å². The molecule has 0 saturated heterocycles. The van der Waals surface area contributed by atoms with Gasteiger partial charge in [0, 0.05) is 12.8 Å². The Morgan fingerprint density at radius 1 is 1.39 bits per heavy atom. The summed E-state index contributed by atoms with van der Waals surface area (Å²) >= 11 is 0. The summed E-state index contributed by atoms with van der Waals surface area (Å²) in [5.74, 6) is -1.17. The first-order valence-corrected chi connectivity index (χ1v) is 7.60. The summed E-state index contributed by atoms with van der Waals surface area (Å²) < 4.78 is 49.6. The third kappa shape index (κ3) is 3.91. The predicted octanol–water partition coefficient (Wildman–Crippen LogP) is 2.42. The zero-order valence-electron chi connectivity index (χ0n) is 10.4. The van der Waals surface area contributed by atoms with Gasteiger partial charge in [0.15, 0.2) is 0 Å². The second kappa shape index (κ2) is 5.97. The van der Waals surface area contributed by atoms with E-state index in [1.807, 2.05) is 0 Å². The lowest BCUT2D eigenvalue weighted by Crippen LogP contribution is -2.40. The first kappa shape index (κ1) is 15.4. The van der Waals surface area contributed by atoms with Crippen LogP contribution in [0.5, 0.6) is 0 Å². The lowest BCUT2D eigenvalue weighted by atomic mass is 9.87. The molecule has 106 valence electrons. The molecular formula is C11H19FO5S. The van der Waals surface area contributed by atoms with Crippen LogP contribution in [0.15, 0.2) is 0 Å². The molecule has 0 heterocycles. The average molecular weight is 282 g/mol. The molecular weight excluding hydrogens is 263 g/mol. The van der Waals surface area contributed by atoms with Crippen LogP contribution in [0.4, 0.5) is 4.39 Å². The molecule has 0 amide bonds. The van der Waals surface area contributed by atoms with Gasteiger partial charge in [-0.3, -0.25) is 9.35 Å². The van der Waals surface area contributed by atoms with Crippen LogP contribution in [0.3, 0.4) is 0 Å². The highest BCUT2D eigenvalue weighted by Gasteiger charge is 2.49. The van der Waals surface area contributed by atoms with Gasteiger partial charge in [-0.25, -0.2) is 0 Å². The molecule has 1 atom stereocenters. The summed E-state index contributed by atoms with van der Waals surface area (Å²) in [6, 6.07) is 0. The van der Waals surface area contributed by atoms with Gasteiger partial charge < -0.3 is 4.74 Å². The first-order valence-electron chi connectivity index (χ1n) is 6.16. The largest absolute Gasteiger partial charge is 0.413 e. The minimum Gasteiger partial charge on any atom is -0.413 e. The zero-order valence-corrected chi connectivity index (χ0v) is 11.2. The van der Waals surface area contributed by atoms with E-state index in [1.54, 1.807) is 0 Å². The van der Waals surface area contributed by atoms with Gasteiger partial charge in [-0.2, -0.15) is 12.8 Å². The van der Waals surface area contributed by atoms with Crippen molar-refractivity contribution in [1.29, 1.82) is 0 Å². The van der Waals surface area contributed by atoms with Crippen LogP contribution >= 0.6 is 0 Å². The van der Waals surface area contributed by atoms with E-state index in [0.717, 1.165) is 19.3 Å². The molecule has 1 N–H and O–H groups in total. The molecule has 0 aromatic carbocycles. The Balaban J connectivity index is 2.80. The fraction of sp³-hybridized carbons (Fsp3) is 0.909. The van der Waals surface area contributed by atoms with Crippen LogP contribution in [0.25, 0.3) is 0 Å². The van der Waals surface area contributed by atoms with E-state index in [9.17, 15) is 17.6 Å². The minimum atomic E-state index is -5.08. The number of ether oxygens (including phenoxy) is 1. The van der Waals surface area contributed by atoms with Gasteiger partial charge in [0.25, 0.3) is 0 Å². The molecule has 0 bridgehead atoms. The summed E-state index contributed by atoms with van der Waals surface area (Å²) in [6.45, 7) is 1.42. The third-order valence-electron chi connectivity index (χ3n) is 3.20. The highest BCUT2D eigenvalue weighted by molar-refractivity contribution is 7.86. The molecule has 1 fully saturated rings. The number of carbonyl (C=O) groups is 1. The number of alkyl halides is 1. The maximum atomic E-state index is 14.2. The van der Waals surface area contributed by atoms with Crippen LogP contribution in [0.1, 0.15) is 51.9 Å². The van der Waals surface area contributed by atoms with Gasteiger partial charge in [0.1, 0.15) is 0 Å². The smallest absolute Gasteiger partial charge is 0.377 e. The molecule has 1 rings (SSSR count). The molecule has 0 spiro atoms. The van der Waals surface area contributed by atoms with Gasteiger partial charge in [-0.1, -0.05) is 39.0 Å². The van der Waals surface area contributed by atoms with Gasteiger partial charge >= 0.3 is 21.3 Å². The topological polar surface area (TPSA) is 80.7 Å². The Bertz CT molecular complexity index is 388. The molecule has 0 aliphatic heterocycles. The lowest BCUT2D eigenvalue weighted by Gasteiger charge is -2.28. The van der Waals surface area contributed by atoms with Crippen molar-refractivity contribution in [3.05, 3.63) is 0 Å². The van der Waals surface area contributed by atoms with Gasteiger partial charge in [0.2, 0.25) is 0 Å². The van der Waals surface area contributed by atoms with Crippen LogP contribution in [0, 0.1) is 5.92 Å². The molecule has 1 saturated carbocycles. The molecule has 5 nitrogen and oxygen atoms in total. The highest BCUT2D eigenvalue weighted by atomic mass is 32.2. The first-order chi connectivity index (χ1) is 8.28. The van der Waals surface area contributed by atoms with Crippen molar-refractivity contribution in [2.24, 2.45) is 5.92 Å². The summed E-state index contributed by atoms with van der Waals surface area (Å²) in [7, 11) is -5.08. The highest BCUT2D eigenvalue weighted by Crippen LogP contribution is 2.36. The van der Waals surface area contributed by atoms with Crippen LogP contribution in [-0.2, 0) is 19.6 Å². The fourth-order valence-electron chi connectivity index (χ4n) is 2.18. The number of rotatable bonds is 5. The van der Waals surface area contributed by atoms with Gasteiger partial charge in [0.05, 0.1) is 0 Å². The second-order valence-electron chi connectivity index (χ2n) is 4.67. The number of hydrogen-bond acceptors (Lipinski definition) is 4. The number of esters is 1. The van der Waals surface area contributed by atoms with Crippen molar-refractivity contribution in [3.8, 4) is 0 Å². The molecule has 1 aliphatic carbocycles. The number of hydrogen-bond donors (Lipinski definition) is 1. The molecule has 0 radical (unpaired) electrons. The van der Waals surface area contributed by atoms with E-state index in [0.29, 0.717) is 12.8 Å². The summed E-state index contributed by atoms with van der Waals surface area (Å²) in [5, 5.41) is -3.30. The Morgan fingerprint density at radius 3 is 2.39 bits per heavy atom. The standard InChI is InChI=1S/C11H19FO5S/c1-2-10(13)17-11(12,18(14,15)16)8-9-6-4-3-5-7-9/h9H,2-8H2,1H3,(H,14,15,16). The quantitative estimate of drug-likeness (QED) is 0.618. The lowest BCUT2D eigenvalue weighted by molar-refractivity contribution is -0.168. The maximum absolute atomic E-state index is 14.2. The predicted molar refractivity (Wildman–Crippen MR) is 63.0 cm³/mol. The van der Waals surface area contributed by atoms with E-state index in [2.05, 4.69) is 4.74 Å². The van der Waals surface area contributed by atoms with Crippen LogP contribution in [0.2, 0.25) is 0 Å². The Hall–Kier alpha value is -0.690. The van der Waals surface area contributed by atoms with E-state index in [4.69, 9.17) is 4.55 Å². The third-order valence-corrected chi connectivity index (χ3v) is 4.22. The summed E-state index contributed by atoms with van der Waals surface area (Å²) in [4.78, 5) is 11.1. The minimum absolute atomic E-state index is 0.147. The van der Waals surface area contributed by atoms with Crippen LogP contribution < -0.4 is 0 Å². The Kier molecular flexibility index (Phi) is 5.10. The monoisotopic (exact) mass is 282 g/mol. The molecule has 18 heavy (non-hydrogen) atoms. The van der Waals surface area contributed by atoms with E-state index < -0.39 is 27.7 Å². The summed E-state index contributed by atoms with van der Waals surface area (Å²) in [5.41, 5.74) is 0. The Labute approximate surface area is 106 Å². The van der Waals surface area contributed by atoms with Gasteiger partial charge in [-0.05, 0) is 5.92 Å². The second-order valence-corrected chi connectivity index (χ2v) is 6.23. The number of carbonyl (C=O) groups excluding carboxylic acids is 1. The van der Waals surface area contributed by atoms with Crippen molar-refractivity contribution in [1.82, 2.24) is 0 Å². The van der Waals surface area contributed by atoms with E-state index in [-0.39, 0.29) is 12.3 Å². The fourth-order valence-corrected chi connectivity index (χ4v) is 2.82. The molecule has 7 heteroatoms. The van der Waals surface area contributed by atoms with Gasteiger partial charge in [-0.15, -0.1) is 0 Å². The van der Waals surface area contributed by atoms with Crippen molar-refractivity contribution in [2.75, 3.05) is 0 Å². The van der Waals surface area contributed by atoms with Crippen molar-refractivity contribution >= 4 is 16.1 Å². The Morgan fingerprint density at radius 2 is 1.94 bits per heavy atom. The normalized spacial score (nSPS) is 21.3. The molecule has 0 aromatic heterocycles. The average Bonchev–Trinajstić information content (AvgIpc) is 2.28. The molecule has 1 aliphatic rings. The van der Waals surface area contributed by atoms with Crippen LogP contribution in [-0.4, -0.2) is 24.1 Å². The SMILES string of the molecule is CCC(=O)OC(F)(CC1CCCCC1)S(=O)(=O)O.